The topological polar surface area (TPSA) is 50.2 Å². The Morgan fingerprint density at radius 3 is 2.94 bits per heavy atom. The van der Waals surface area contributed by atoms with E-state index in [1.165, 1.54) is 0 Å². The van der Waals surface area contributed by atoms with E-state index in [0.29, 0.717) is 6.54 Å². The van der Waals surface area contributed by atoms with Crippen molar-refractivity contribution in [1.29, 1.82) is 0 Å². The van der Waals surface area contributed by atoms with Gasteiger partial charge in [-0.3, -0.25) is 14.8 Å². The molecule has 1 unspecified atom stereocenters. The zero-order valence-electron chi connectivity index (χ0n) is 10.1. The van der Waals surface area contributed by atoms with E-state index in [2.05, 4.69) is 10.4 Å². The first-order valence-electron chi connectivity index (χ1n) is 5.31. The first-order chi connectivity index (χ1) is 7.77. The number of carbonyl (C=O) groups is 1. The molecule has 104 valence electrons. The van der Waals surface area contributed by atoms with Gasteiger partial charge in [0.05, 0.1) is 12.6 Å². The minimum Gasteiger partial charge on any atom is -0.343 e. The van der Waals surface area contributed by atoms with E-state index in [1.807, 2.05) is 24.0 Å². The summed E-state index contributed by atoms with van der Waals surface area (Å²) in [6.45, 7) is 1.44. The SMILES string of the molecule is CN(CCn1cccn1)C(=O)C1CSCN1.Cl.Cl. The normalized spacial score (nSPS) is 17.7. The van der Waals surface area contributed by atoms with Gasteiger partial charge in [-0.1, -0.05) is 0 Å². The van der Waals surface area contributed by atoms with E-state index in [-0.39, 0.29) is 36.8 Å². The van der Waals surface area contributed by atoms with Crippen LogP contribution < -0.4 is 5.32 Å². The van der Waals surface area contributed by atoms with Crippen molar-refractivity contribution >= 4 is 42.5 Å². The molecule has 1 atom stereocenters. The molecule has 2 heterocycles. The first-order valence-corrected chi connectivity index (χ1v) is 6.46. The summed E-state index contributed by atoms with van der Waals surface area (Å²) >= 11 is 1.77. The Hall–Kier alpha value is -0.430. The van der Waals surface area contributed by atoms with E-state index < -0.39 is 0 Å². The minimum absolute atomic E-state index is 0. The first kappa shape index (κ1) is 17.6. The van der Waals surface area contributed by atoms with Crippen molar-refractivity contribution in [1.82, 2.24) is 20.0 Å². The number of hydrogen-bond acceptors (Lipinski definition) is 4. The number of likely N-dealkylation sites (N-methyl/N-ethyl adjacent to an activating group) is 1. The Balaban J connectivity index is 0.00000144. The van der Waals surface area contributed by atoms with Gasteiger partial charge in [0.25, 0.3) is 0 Å². The molecule has 5 nitrogen and oxygen atoms in total. The van der Waals surface area contributed by atoms with Gasteiger partial charge < -0.3 is 4.90 Å². The number of hydrogen-bond donors (Lipinski definition) is 1. The molecule has 0 spiro atoms. The molecular weight excluding hydrogens is 295 g/mol. The number of amides is 1. The van der Waals surface area contributed by atoms with Gasteiger partial charge >= 0.3 is 0 Å². The van der Waals surface area contributed by atoms with Crippen molar-refractivity contribution in [2.75, 3.05) is 25.2 Å². The minimum atomic E-state index is -0.00683. The number of nitrogens with zero attached hydrogens (tertiary/aromatic N) is 3. The van der Waals surface area contributed by atoms with Crippen LogP contribution in [-0.2, 0) is 11.3 Å². The van der Waals surface area contributed by atoms with Crippen LogP contribution in [0.5, 0.6) is 0 Å². The predicted octanol–water partition coefficient (Wildman–Crippen LogP) is 0.848. The Morgan fingerprint density at radius 1 is 1.61 bits per heavy atom. The van der Waals surface area contributed by atoms with Crippen LogP contribution in [0.25, 0.3) is 0 Å². The highest BCUT2D eigenvalue weighted by atomic mass is 35.5. The standard InChI is InChI=1S/C10H16N4OS.2ClH/c1-13(5-6-14-4-2-3-12-14)10(15)9-7-16-8-11-9;;/h2-4,9,11H,5-8H2,1H3;2*1H. The molecule has 2 rings (SSSR count). The van der Waals surface area contributed by atoms with Crippen molar-refractivity contribution in [3.8, 4) is 0 Å². The molecule has 1 amide bonds. The molecule has 8 heteroatoms. The molecule has 1 aliphatic rings. The summed E-state index contributed by atoms with van der Waals surface area (Å²) in [5.41, 5.74) is 0. The zero-order chi connectivity index (χ0) is 11.4. The van der Waals surface area contributed by atoms with Crippen molar-refractivity contribution < 1.29 is 4.79 Å². The third kappa shape index (κ3) is 4.68. The van der Waals surface area contributed by atoms with E-state index in [4.69, 9.17) is 0 Å². The molecule has 1 saturated heterocycles. The summed E-state index contributed by atoms with van der Waals surface area (Å²) in [7, 11) is 1.84. The van der Waals surface area contributed by atoms with Crippen molar-refractivity contribution in [3.05, 3.63) is 18.5 Å². The van der Waals surface area contributed by atoms with E-state index >= 15 is 0 Å². The molecule has 18 heavy (non-hydrogen) atoms. The molecule has 1 N–H and O–H groups in total. The summed E-state index contributed by atoms with van der Waals surface area (Å²) in [5.74, 6) is 1.94. The zero-order valence-corrected chi connectivity index (χ0v) is 12.6. The third-order valence-electron chi connectivity index (χ3n) is 2.61. The van der Waals surface area contributed by atoms with Crippen molar-refractivity contribution in [2.45, 2.75) is 12.6 Å². The van der Waals surface area contributed by atoms with Gasteiger partial charge in [0.2, 0.25) is 5.91 Å². The van der Waals surface area contributed by atoms with Gasteiger partial charge in [0, 0.05) is 37.6 Å². The van der Waals surface area contributed by atoms with E-state index in [0.717, 1.165) is 18.2 Å². The fourth-order valence-electron chi connectivity index (χ4n) is 1.62. The fourth-order valence-corrected chi connectivity index (χ4v) is 2.55. The van der Waals surface area contributed by atoms with Crippen LogP contribution in [0.15, 0.2) is 18.5 Å². The van der Waals surface area contributed by atoms with Crippen LogP contribution in [0.2, 0.25) is 0 Å². The number of rotatable bonds is 4. The van der Waals surface area contributed by atoms with Crippen molar-refractivity contribution in [2.24, 2.45) is 0 Å². The number of nitrogens with one attached hydrogen (secondary N) is 1. The molecule has 1 aliphatic heterocycles. The van der Waals surface area contributed by atoms with Gasteiger partial charge in [-0.05, 0) is 6.07 Å². The molecule has 0 radical (unpaired) electrons. The summed E-state index contributed by atoms with van der Waals surface area (Å²) in [6.07, 6.45) is 3.65. The average Bonchev–Trinajstić information content (AvgIpc) is 2.96. The van der Waals surface area contributed by atoms with Gasteiger partial charge in [-0.15, -0.1) is 36.6 Å². The maximum Gasteiger partial charge on any atom is 0.240 e. The molecule has 0 saturated carbocycles. The molecule has 1 aromatic rings. The Bertz CT molecular complexity index is 344. The summed E-state index contributed by atoms with van der Waals surface area (Å²) in [4.78, 5) is 13.7. The fraction of sp³-hybridized carbons (Fsp3) is 0.600. The lowest BCUT2D eigenvalue weighted by molar-refractivity contribution is -0.131. The second kappa shape index (κ2) is 8.63. The maximum atomic E-state index is 11.9. The lowest BCUT2D eigenvalue weighted by atomic mass is 10.3. The lowest BCUT2D eigenvalue weighted by Gasteiger charge is -2.20. The van der Waals surface area contributed by atoms with Crippen LogP contribution >= 0.6 is 36.6 Å². The monoisotopic (exact) mass is 312 g/mol. The van der Waals surface area contributed by atoms with Gasteiger partial charge in [-0.2, -0.15) is 5.10 Å². The van der Waals surface area contributed by atoms with Gasteiger partial charge in [-0.25, -0.2) is 0 Å². The van der Waals surface area contributed by atoms with Crippen molar-refractivity contribution in [3.63, 3.8) is 0 Å². The smallest absolute Gasteiger partial charge is 0.240 e. The quantitative estimate of drug-likeness (QED) is 0.895. The van der Waals surface area contributed by atoms with Gasteiger partial charge in [0.15, 0.2) is 0 Å². The number of carbonyl (C=O) groups excluding carboxylic acids is 1. The molecule has 0 bridgehead atoms. The highest BCUT2D eigenvalue weighted by Crippen LogP contribution is 2.11. The second-order valence-corrected chi connectivity index (χ2v) is 4.83. The van der Waals surface area contributed by atoms with Crippen LogP contribution in [0, 0.1) is 0 Å². The predicted molar refractivity (Wildman–Crippen MR) is 78.6 cm³/mol. The third-order valence-corrected chi connectivity index (χ3v) is 3.55. The van der Waals surface area contributed by atoms with Crippen LogP contribution in [0.1, 0.15) is 0 Å². The lowest BCUT2D eigenvalue weighted by Crippen LogP contribution is -2.44. The van der Waals surface area contributed by atoms with E-state index in [1.54, 1.807) is 22.9 Å². The molecule has 1 aromatic heterocycles. The molecule has 1 fully saturated rings. The number of thioether (sulfide) groups is 1. The molecule has 0 aromatic carbocycles. The number of halogens is 2. The van der Waals surface area contributed by atoms with E-state index in [9.17, 15) is 4.79 Å². The summed E-state index contributed by atoms with van der Waals surface area (Å²) < 4.78 is 1.83. The highest BCUT2D eigenvalue weighted by Gasteiger charge is 2.24. The summed E-state index contributed by atoms with van der Waals surface area (Å²) in [5, 5.41) is 7.28. The summed E-state index contributed by atoms with van der Waals surface area (Å²) in [6, 6.07) is 1.88. The number of aromatic nitrogens is 2. The molecular formula is C10H18Cl2N4OS. The van der Waals surface area contributed by atoms with Crippen LogP contribution in [-0.4, -0.2) is 51.9 Å². The highest BCUT2D eigenvalue weighted by molar-refractivity contribution is 7.99. The van der Waals surface area contributed by atoms with Crippen LogP contribution in [0.4, 0.5) is 0 Å². The Morgan fingerprint density at radius 2 is 2.39 bits per heavy atom. The molecule has 0 aliphatic carbocycles. The largest absolute Gasteiger partial charge is 0.343 e. The second-order valence-electron chi connectivity index (χ2n) is 3.80. The maximum absolute atomic E-state index is 11.9. The Labute approximate surface area is 123 Å². The Kier molecular flexibility index (Phi) is 8.43. The van der Waals surface area contributed by atoms with Crippen LogP contribution in [0.3, 0.4) is 0 Å². The van der Waals surface area contributed by atoms with Gasteiger partial charge in [0.1, 0.15) is 0 Å². The average molecular weight is 313 g/mol.